The van der Waals surface area contributed by atoms with E-state index >= 15 is 0 Å². The minimum atomic E-state index is -1.79. The van der Waals surface area contributed by atoms with Crippen molar-refractivity contribution in [3.63, 3.8) is 0 Å². The van der Waals surface area contributed by atoms with E-state index in [1.54, 1.807) is 0 Å². The van der Waals surface area contributed by atoms with Crippen molar-refractivity contribution in [1.29, 1.82) is 0 Å². The SMILES string of the molecule is O=C(O)[C@@H]1C[C@@]1(F)c1ccc(F)cc1. The summed E-state index contributed by atoms with van der Waals surface area (Å²) in [5, 5.41) is 8.59. The van der Waals surface area contributed by atoms with Crippen molar-refractivity contribution in [3.8, 4) is 0 Å². The van der Waals surface area contributed by atoms with Crippen molar-refractivity contribution in [1.82, 2.24) is 0 Å². The number of carbonyl (C=O) groups is 1. The van der Waals surface area contributed by atoms with Crippen molar-refractivity contribution in [2.24, 2.45) is 5.92 Å². The molecule has 4 heteroatoms. The largest absolute Gasteiger partial charge is 0.481 e. The molecule has 0 radical (unpaired) electrons. The van der Waals surface area contributed by atoms with Gasteiger partial charge in [-0.3, -0.25) is 4.79 Å². The summed E-state index contributed by atoms with van der Waals surface area (Å²) in [4.78, 5) is 10.5. The second kappa shape index (κ2) is 2.77. The fourth-order valence-corrected chi connectivity index (χ4v) is 1.57. The van der Waals surface area contributed by atoms with Crippen molar-refractivity contribution in [3.05, 3.63) is 35.6 Å². The Balaban J connectivity index is 2.25. The van der Waals surface area contributed by atoms with E-state index in [0.717, 1.165) is 12.1 Å². The van der Waals surface area contributed by atoms with Crippen LogP contribution in [0.3, 0.4) is 0 Å². The molecule has 0 spiro atoms. The molecule has 1 aromatic carbocycles. The predicted octanol–water partition coefficient (Wildman–Crippen LogP) is 2.10. The molecule has 1 aliphatic rings. The first-order valence-corrected chi connectivity index (χ1v) is 4.22. The summed E-state index contributed by atoms with van der Waals surface area (Å²) in [6, 6.07) is 4.85. The van der Waals surface area contributed by atoms with E-state index in [-0.39, 0.29) is 12.0 Å². The predicted molar refractivity (Wildman–Crippen MR) is 44.9 cm³/mol. The summed E-state index contributed by atoms with van der Waals surface area (Å²) >= 11 is 0. The summed E-state index contributed by atoms with van der Waals surface area (Å²) in [5.74, 6) is -2.57. The van der Waals surface area contributed by atoms with Gasteiger partial charge in [-0.05, 0) is 17.7 Å². The molecule has 0 saturated heterocycles. The third-order valence-corrected chi connectivity index (χ3v) is 2.52. The first-order chi connectivity index (χ1) is 6.54. The molecule has 0 aromatic heterocycles. The highest BCUT2D eigenvalue weighted by molar-refractivity contribution is 5.76. The zero-order valence-electron chi connectivity index (χ0n) is 7.21. The molecule has 0 amide bonds. The average Bonchev–Trinajstić information content (AvgIpc) is 2.80. The molecule has 1 N–H and O–H groups in total. The number of rotatable bonds is 2. The van der Waals surface area contributed by atoms with E-state index in [2.05, 4.69) is 0 Å². The zero-order chi connectivity index (χ0) is 10.3. The van der Waals surface area contributed by atoms with Crippen LogP contribution in [-0.4, -0.2) is 11.1 Å². The molecule has 2 atom stereocenters. The summed E-state index contributed by atoms with van der Waals surface area (Å²) in [6.45, 7) is 0. The maximum absolute atomic E-state index is 13.8. The van der Waals surface area contributed by atoms with Crippen molar-refractivity contribution >= 4 is 5.97 Å². The average molecular weight is 198 g/mol. The molecule has 1 saturated carbocycles. The van der Waals surface area contributed by atoms with Crippen LogP contribution in [0.25, 0.3) is 0 Å². The summed E-state index contributed by atoms with van der Waals surface area (Å²) in [5.41, 5.74) is -1.55. The van der Waals surface area contributed by atoms with Crippen LogP contribution >= 0.6 is 0 Å². The van der Waals surface area contributed by atoms with Crippen molar-refractivity contribution in [2.75, 3.05) is 0 Å². The van der Waals surface area contributed by atoms with E-state index in [1.807, 2.05) is 0 Å². The molecule has 1 aromatic rings. The highest BCUT2D eigenvalue weighted by Crippen LogP contribution is 2.55. The van der Waals surface area contributed by atoms with E-state index in [4.69, 9.17) is 5.11 Å². The summed E-state index contributed by atoms with van der Waals surface area (Å²) < 4.78 is 26.3. The Kier molecular flexibility index (Phi) is 1.80. The van der Waals surface area contributed by atoms with E-state index in [9.17, 15) is 13.6 Å². The quantitative estimate of drug-likeness (QED) is 0.790. The zero-order valence-corrected chi connectivity index (χ0v) is 7.21. The van der Waals surface area contributed by atoms with Crippen LogP contribution < -0.4 is 0 Å². The molecular weight excluding hydrogens is 190 g/mol. The van der Waals surface area contributed by atoms with Crippen LogP contribution in [0.1, 0.15) is 12.0 Å². The number of hydrogen-bond donors (Lipinski definition) is 1. The van der Waals surface area contributed by atoms with Crippen LogP contribution in [0, 0.1) is 11.7 Å². The molecule has 1 fully saturated rings. The molecule has 2 nitrogen and oxygen atoms in total. The molecule has 2 rings (SSSR count). The summed E-state index contributed by atoms with van der Waals surface area (Å²) in [7, 11) is 0. The lowest BCUT2D eigenvalue weighted by Gasteiger charge is -2.05. The summed E-state index contributed by atoms with van der Waals surface area (Å²) in [6.07, 6.45) is -0.0199. The molecule has 0 aliphatic heterocycles. The van der Waals surface area contributed by atoms with E-state index in [1.165, 1.54) is 12.1 Å². The fourth-order valence-electron chi connectivity index (χ4n) is 1.57. The van der Waals surface area contributed by atoms with Crippen LogP contribution in [0.2, 0.25) is 0 Å². The van der Waals surface area contributed by atoms with E-state index in [0.29, 0.717) is 0 Å². The van der Waals surface area contributed by atoms with Gasteiger partial charge in [0.1, 0.15) is 11.5 Å². The number of alkyl halides is 1. The van der Waals surface area contributed by atoms with Gasteiger partial charge < -0.3 is 5.11 Å². The monoisotopic (exact) mass is 198 g/mol. The van der Waals surface area contributed by atoms with Gasteiger partial charge in [-0.15, -0.1) is 0 Å². The van der Waals surface area contributed by atoms with Crippen molar-refractivity contribution < 1.29 is 18.7 Å². The van der Waals surface area contributed by atoms with Gasteiger partial charge in [-0.1, -0.05) is 12.1 Å². The lowest BCUT2D eigenvalue weighted by atomic mass is 10.1. The lowest BCUT2D eigenvalue weighted by Crippen LogP contribution is -2.09. The van der Waals surface area contributed by atoms with Gasteiger partial charge in [-0.2, -0.15) is 0 Å². The van der Waals surface area contributed by atoms with Crippen LogP contribution in [-0.2, 0) is 10.5 Å². The topological polar surface area (TPSA) is 37.3 Å². The highest BCUT2D eigenvalue weighted by Gasteiger charge is 2.61. The Morgan fingerprint density at radius 3 is 2.43 bits per heavy atom. The molecule has 0 heterocycles. The van der Waals surface area contributed by atoms with Gasteiger partial charge in [0.25, 0.3) is 0 Å². The number of carboxylic acid groups (broad SMARTS) is 1. The molecular formula is C10H8F2O2. The minimum Gasteiger partial charge on any atom is -0.481 e. The Morgan fingerprint density at radius 2 is 2.00 bits per heavy atom. The number of hydrogen-bond acceptors (Lipinski definition) is 1. The van der Waals surface area contributed by atoms with Gasteiger partial charge in [0, 0.05) is 6.42 Å². The molecule has 0 bridgehead atoms. The Labute approximate surface area is 79.2 Å². The van der Waals surface area contributed by atoms with Crippen molar-refractivity contribution in [2.45, 2.75) is 12.1 Å². The van der Waals surface area contributed by atoms with Gasteiger partial charge >= 0.3 is 5.97 Å². The lowest BCUT2D eigenvalue weighted by molar-refractivity contribution is -0.139. The third kappa shape index (κ3) is 1.27. The Bertz CT molecular complexity index is 374. The second-order valence-corrected chi connectivity index (χ2v) is 3.46. The van der Waals surface area contributed by atoms with Gasteiger partial charge in [0.2, 0.25) is 0 Å². The first kappa shape index (κ1) is 9.12. The number of benzene rings is 1. The van der Waals surface area contributed by atoms with Crippen LogP contribution in [0.15, 0.2) is 24.3 Å². The number of aliphatic carboxylic acids is 1. The highest BCUT2D eigenvalue weighted by atomic mass is 19.1. The van der Waals surface area contributed by atoms with Crippen LogP contribution in [0.5, 0.6) is 0 Å². The number of carboxylic acids is 1. The maximum Gasteiger partial charge on any atom is 0.310 e. The Hall–Kier alpha value is -1.45. The second-order valence-electron chi connectivity index (χ2n) is 3.46. The standard InChI is InChI=1S/C10H8F2O2/c11-7-3-1-6(2-4-7)10(12)5-8(10)9(13)14/h1-4,8H,5H2,(H,13,14)/t8-,10+/m0/s1. The number of halogens is 2. The molecule has 14 heavy (non-hydrogen) atoms. The van der Waals surface area contributed by atoms with E-state index < -0.39 is 23.4 Å². The van der Waals surface area contributed by atoms with Crippen LogP contribution in [0.4, 0.5) is 8.78 Å². The Morgan fingerprint density at radius 1 is 1.43 bits per heavy atom. The molecule has 74 valence electrons. The smallest absolute Gasteiger partial charge is 0.310 e. The fraction of sp³-hybridized carbons (Fsp3) is 0.300. The van der Waals surface area contributed by atoms with Gasteiger partial charge in [0.05, 0.1) is 5.92 Å². The molecule has 1 aliphatic carbocycles. The first-order valence-electron chi connectivity index (χ1n) is 4.22. The molecule has 0 unspecified atom stereocenters. The van der Waals surface area contributed by atoms with Gasteiger partial charge in [0.15, 0.2) is 0 Å². The van der Waals surface area contributed by atoms with Gasteiger partial charge in [-0.25, -0.2) is 8.78 Å². The maximum atomic E-state index is 13.8. The third-order valence-electron chi connectivity index (χ3n) is 2.52. The normalized spacial score (nSPS) is 30.0. The minimum absolute atomic E-state index is 0.0199.